The third-order valence-electron chi connectivity index (χ3n) is 4.66. The topological polar surface area (TPSA) is 42.3 Å². The lowest BCUT2D eigenvalue weighted by Crippen LogP contribution is -2.27. The van der Waals surface area contributed by atoms with E-state index in [0.717, 1.165) is 38.9 Å². The molecule has 4 rings (SSSR count). The number of aromatic nitrogens is 1. The fourth-order valence-electron chi connectivity index (χ4n) is 3.35. The van der Waals surface area contributed by atoms with Gasteiger partial charge in [-0.25, -0.2) is 4.90 Å². The third-order valence-corrected chi connectivity index (χ3v) is 6.20. The molecule has 1 aliphatic rings. The Bertz CT molecular complexity index is 1120. The van der Waals surface area contributed by atoms with Gasteiger partial charge in [-0.05, 0) is 83.5 Å². The number of benzene rings is 2. The molecule has 1 fully saturated rings. The lowest BCUT2D eigenvalue weighted by Gasteiger charge is -2.12. The molecular formula is C22H17BrN2O2S. The van der Waals surface area contributed by atoms with Crippen molar-refractivity contribution in [3.8, 4) is 5.69 Å². The largest absolute Gasteiger partial charge is 0.317 e. The number of aryl methyl sites for hydroxylation is 1. The van der Waals surface area contributed by atoms with Crippen LogP contribution in [0.2, 0.25) is 0 Å². The van der Waals surface area contributed by atoms with Gasteiger partial charge in [-0.2, -0.15) is 0 Å². The molecule has 0 aliphatic carbocycles. The van der Waals surface area contributed by atoms with Gasteiger partial charge in [-0.15, -0.1) is 0 Å². The molecule has 140 valence electrons. The monoisotopic (exact) mass is 452 g/mol. The highest BCUT2D eigenvalue weighted by Gasteiger charge is 2.36. The van der Waals surface area contributed by atoms with E-state index in [4.69, 9.17) is 0 Å². The lowest BCUT2D eigenvalue weighted by atomic mass is 10.2. The molecule has 2 aromatic carbocycles. The number of nitrogens with zero attached hydrogens (tertiary/aromatic N) is 2. The molecule has 0 saturated carbocycles. The highest BCUT2D eigenvalue weighted by molar-refractivity contribution is 9.10. The van der Waals surface area contributed by atoms with E-state index < -0.39 is 0 Å². The van der Waals surface area contributed by atoms with Gasteiger partial charge in [0, 0.05) is 15.9 Å². The summed E-state index contributed by atoms with van der Waals surface area (Å²) in [6, 6.07) is 19.0. The second kappa shape index (κ2) is 7.45. The highest BCUT2D eigenvalue weighted by Crippen LogP contribution is 2.36. The van der Waals surface area contributed by atoms with Gasteiger partial charge >= 0.3 is 0 Å². The molecule has 0 unspecified atom stereocenters. The summed E-state index contributed by atoms with van der Waals surface area (Å²) in [6.45, 7) is 4.04. The van der Waals surface area contributed by atoms with Crippen LogP contribution in [0, 0.1) is 13.8 Å². The molecule has 4 nitrogen and oxygen atoms in total. The Morgan fingerprint density at radius 3 is 2.36 bits per heavy atom. The maximum Gasteiger partial charge on any atom is 0.298 e. The van der Waals surface area contributed by atoms with Crippen molar-refractivity contribution in [2.24, 2.45) is 0 Å². The zero-order chi connectivity index (χ0) is 19.8. The summed E-state index contributed by atoms with van der Waals surface area (Å²) in [4.78, 5) is 26.9. The highest BCUT2D eigenvalue weighted by atomic mass is 79.9. The number of hydrogen-bond acceptors (Lipinski definition) is 3. The van der Waals surface area contributed by atoms with E-state index in [9.17, 15) is 9.59 Å². The van der Waals surface area contributed by atoms with Crippen molar-refractivity contribution in [1.29, 1.82) is 0 Å². The molecule has 3 aromatic rings. The van der Waals surface area contributed by atoms with Gasteiger partial charge in [0.25, 0.3) is 11.1 Å². The second-order valence-corrected chi connectivity index (χ2v) is 8.31. The number of carbonyl (C=O) groups excluding carboxylic acids is 2. The van der Waals surface area contributed by atoms with Crippen LogP contribution in [0.5, 0.6) is 0 Å². The maximum absolute atomic E-state index is 12.8. The number of imide groups is 1. The van der Waals surface area contributed by atoms with Gasteiger partial charge in [0.05, 0.1) is 16.3 Å². The van der Waals surface area contributed by atoms with Crippen molar-refractivity contribution in [1.82, 2.24) is 4.57 Å². The minimum atomic E-state index is -0.285. The Labute approximate surface area is 176 Å². The Kier molecular flexibility index (Phi) is 5.00. The van der Waals surface area contributed by atoms with Gasteiger partial charge in [0.15, 0.2) is 0 Å². The van der Waals surface area contributed by atoms with Crippen LogP contribution < -0.4 is 4.90 Å². The molecule has 1 aromatic heterocycles. The van der Waals surface area contributed by atoms with Gasteiger partial charge in [-0.3, -0.25) is 9.59 Å². The fourth-order valence-corrected chi connectivity index (χ4v) is 4.64. The van der Waals surface area contributed by atoms with Crippen molar-refractivity contribution < 1.29 is 9.59 Å². The van der Waals surface area contributed by atoms with Crippen LogP contribution in [0.3, 0.4) is 0 Å². The number of para-hydroxylation sites is 2. The zero-order valence-electron chi connectivity index (χ0n) is 15.3. The number of anilines is 1. The molecular weight excluding hydrogens is 436 g/mol. The smallest absolute Gasteiger partial charge is 0.298 e. The molecule has 0 atom stereocenters. The van der Waals surface area contributed by atoms with Gasteiger partial charge in [0.2, 0.25) is 0 Å². The van der Waals surface area contributed by atoms with E-state index in [-0.39, 0.29) is 11.1 Å². The number of carbonyl (C=O) groups is 2. The Morgan fingerprint density at radius 2 is 1.64 bits per heavy atom. The lowest BCUT2D eigenvalue weighted by molar-refractivity contribution is -0.113. The zero-order valence-corrected chi connectivity index (χ0v) is 17.8. The summed E-state index contributed by atoms with van der Waals surface area (Å²) < 4.78 is 3.13. The van der Waals surface area contributed by atoms with Crippen molar-refractivity contribution in [3.63, 3.8) is 0 Å². The van der Waals surface area contributed by atoms with Crippen LogP contribution in [-0.4, -0.2) is 15.7 Å². The summed E-state index contributed by atoms with van der Waals surface area (Å²) in [6.07, 6.45) is 1.81. The number of thioether (sulfide) groups is 1. The van der Waals surface area contributed by atoms with Crippen LogP contribution in [0.1, 0.15) is 17.0 Å². The molecule has 1 aliphatic heterocycles. The van der Waals surface area contributed by atoms with Crippen molar-refractivity contribution >= 4 is 50.6 Å². The van der Waals surface area contributed by atoms with E-state index in [1.165, 1.54) is 4.90 Å². The maximum atomic E-state index is 12.8. The first-order chi connectivity index (χ1) is 13.5. The summed E-state index contributed by atoms with van der Waals surface area (Å²) in [7, 11) is 0. The standard InChI is InChI=1S/C22H17BrN2O2S/c1-14-12-16(15(2)24(14)19-11-7-6-10-18(19)23)13-20-21(26)25(22(27)28-20)17-8-4-3-5-9-17/h3-13H,1-2H3. The van der Waals surface area contributed by atoms with Crippen LogP contribution in [0.4, 0.5) is 10.5 Å². The quantitative estimate of drug-likeness (QED) is 0.451. The fraction of sp³-hybridized carbons (Fsp3) is 0.0909. The molecule has 0 spiro atoms. The number of hydrogen-bond donors (Lipinski definition) is 0. The summed E-state index contributed by atoms with van der Waals surface area (Å²) in [5, 5.41) is -0.276. The van der Waals surface area contributed by atoms with Crippen LogP contribution in [-0.2, 0) is 4.79 Å². The minimum Gasteiger partial charge on any atom is -0.317 e. The van der Waals surface area contributed by atoms with Crippen molar-refractivity contribution in [2.75, 3.05) is 4.90 Å². The molecule has 0 N–H and O–H groups in total. The van der Waals surface area contributed by atoms with Crippen LogP contribution >= 0.6 is 27.7 Å². The number of halogens is 1. The second-order valence-electron chi connectivity index (χ2n) is 6.47. The Balaban J connectivity index is 1.73. The normalized spacial score (nSPS) is 15.7. The summed E-state index contributed by atoms with van der Waals surface area (Å²) in [5.74, 6) is -0.285. The molecule has 0 bridgehead atoms. The first-order valence-electron chi connectivity index (χ1n) is 8.74. The van der Waals surface area contributed by atoms with E-state index in [1.807, 2.05) is 68.5 Å². The van der Waals surface area contributed by atoms with E-state index in [1.54, 1.807) is 12.1 Å². The first kappa shape index (κ1) is 18.8. The van der Waals surface area contributed by atoms with Crippen molar-refractivity contribution in [2.45, 2.75) is 13.8 Å². The molecule has 6 heteroatoms. The van der Waals surface area contributed by atoms with Gasteiger partial charge in [-0.1, -0.05) is 30.3 Å². The number of rotatable bonds is 3. The van der Waals surface area contributed by atoms with Crippen LogP contribution in [0.25, 0.3) is 11.8 Å². The van der Waals surface area contributed by atoms with E-state index in [0.29, 0.717) is 10.6 Å². The molecule has 0 radical (unpaired) electrons. The average molecular weight is 453 g/mol. The minimum absolute atomic E-state index is 0.276. The van der Waals surface area contributed by atoms with E-state index >= 15 is 0 Å². The van der Waals surface area contributed by atoms with Crippen molar-refractivity contribution in [3.05, 3.63) is 87.0 Å². The summed E-state index contributed by atoms with van der Waals surface area (Å²) in [5.41, 5.74) is 4.61. The Hall–Kier alpha value is -2.57. The molecule has 2 heterocycles. The average Bonchev–Trinajstić information content (AvgIpc) is 3.12. The SMILES string of the molecule is Cc1cc(C=C2SC(=O)N(c3ccccc3)C2=O)c(C)n1-c1ccccc1Br. The number of amides is 2. The van der Waals surface area contributed by atoms with Gasteiger partial charge in [0.1, 0.15) is 0 Å². The third kappa shape index (κ3) is 3.23. The molecule has 2 amide bonds. The Morgan fingerprint density at radius 1 is 0.964 bits per heavy atom. The molecule has 1 saturated heterocycles. The van der Waals surface area contributed by atoms with E-state index in [2.05, 4.69) is 20.5 Å². The predicted molar refractivity (Wildman–Crippen MR) is 118 cm³/mol. The molecule has 28 heavy (non-hydrogen) atoms. The summed E-state index contributed by atoms with van der Waals surface area (Å²) >= 11 is 4.58. The van der Waals surface area contributed by atoms with Gasteiger partial charge < -0.3 is 4.57 Å². The van der Waals surface area contributed by atoms with Crippen LogP contribution in [0.15, 0.2) is 70.0 Å². The first-order valence-corrected chi connectivity index (χ1v) is 10.3. The predicted octanol–water partition coefficient (Wildman–Crippen LogP) is 6.10.